The van der Waals surface area contributed by atoms with Crippen LogP contribution in [-0.4, -0.2) is 26.9 Å². The topological polar surface area (TPSA) is 66.6 Å². The third-order valence-corrected chi connectivity index (χ3v) is 6.84. The van der Waals surface area contributed by atoms with E-state index in [-0.39, 0.29) is 0 Å². The van der Waals surface area contributed by atoms with E-state index in [4.69, 9.17) is 4.98 Å². The van der Waals surface area contributed by atoms with Crippen molar-refractivity contribution < 1.29 is 0 Å². The maximum Gasteiger partial charge on any atom is 0.168 e. The highest BCUT2D eigenvalue weighted by molar-refractivity contribution is 9.10. The molecule has 1 fully saturated rings. The minimum atomic E-state index is 0.508. The largest absolute Gasteiger partial charge is 0.367 e. The summed E-state index contributed by atoms with van der Waals surface area (Å²) in [7, 11) is 0. The number of nitrogens with zero attached hydrogens (tertiary/aromatic N) is 4. The molecule has 0 unspecified atom stereocenters. The van der Waals surface area contributed by atoms with Crippen molar-refractivity contribution in [1.82, 2.24) is 14.6 Å². The lowest BCUT2D eigenvalue weighted by Crippen LogP contribution is -2.10. The van der Waals surface area contributed by atoms with Gasteiger partial charge in [0.1, 0.15) is 11.6 Å². The monoisotopic (exact) mass is 552 g/mol. The molecule has 0 radical (unpaired) electrons. The van der Waals surface area contributed by atoms with E-state index in [0.717, 1.165) is 37.4 Å². The molecule has 2 N–H and O–H groups in total. The zero-order valence-electron chi connectivity index (χ0n) is 17.3. The zero-order valence-corrected chi connectivity index (χ0v) is 20.5. The van der Waals surface area contributed by atoms with Crippen LogP contribution in [0, 0.1) is 0 Å². The van der Waals surface area contributed by atoms with Gasteiger partial charge in [-0.2, -0.15) is 9.61 Å². The van der Waals surface area contributed by atoms with E-state index in [1.165, 1.54) is 18.4 Å². The Morgan fingerprint density at radius 2 is 1.75 bits per heavy atom. The third-order valence-electron chi connectivity index (χ3n) is 5.30. The molecule has 0 amide bonds. The van der Waals surface area contributed by atoms with Crippen LogP contribution in [0.1, 0.15) is 29.5 Å². The highest BCUT2D eigenvalue weighted by atomic mass is 79.9. The van der Waals surface area contributed by atoms with Gasteiger partial charge in [0.25, 0.3) is 0 Å². The van der Waals surface area contributed by atoms with Crippen molar-refractivity contribution in [2.75, 3.05) is 10.6 Å². The van der Waals surface area contributed by atoms with E-state index in [1.807, 2.05) is 59.4 Å². The van der Waals surface area contributed by atoms with Crippen LogP contribution in [-0.2, 0) is 13.1 Å². The van der Waals surface area contributed by atoms with Crippen molar-refractivity contribution in [1.29, 1.82) is 0 Å². The van der Waals surface area contributed by atoms with E-state index in [9.17, 15) is 0 Å². The molecule has 32 heavy (non-hydrogen) atoms. The standard InChI is InChI=1S/C24H22Br2N6/c25-20-7-3-1-5-16(20)12-27-13-18-15-29-32-23(30-19-9-10-19)11-22(31-24(18)32)28-14-17-6-2-4-8-21(17)26/h1-8,11,13,15,19,30H,9-10,12,14H2,(H,28,31)/b27-13+. The number of aliphatic imine (C=N–C) groups is 1. The van der Waals surface area contributed by atoms with Gasteiger partial charge in [-0.3, -0.25) is 4.99 Å². The minimum Gasteiger partial charge on any atom is -0.367 e. The Hall–Kier alpha value is -2.71. The van der Waals surface area contributed by atoms with Gasteiger partial charge in [-0.1, -0.05) is 68.3 Å². The van der Waals surface area contributed by atoms with Gasteiger partial charge in [-0.05, 0) is 36.1 Å². The minimum absolute atomic E-state index is 0.508. The normalized spacial score (nSPS) is 13.7. The molecule has 0 bridgehead atoms. The summed E-state index contributed by atoms with van der Waals surface area (Å²) in [6.07, 6.45) is 6.05. The Morgan fingerprint density at radius 1 is 1.03 bits per heavy atom. The van der Waals surface area contributed by atoms with Crippen LogP contribution in [0.25, 0.3) is 5.65 Å². The molecular formula is C24H22Br2N6. The first-order valence-corrected chi connectivity index (χ1v) is 12.1. The number of nitrogens with one attached hydrogen (secondary N) is 2. The summed E-state index contributed by atoms with van der Waals surface area (Å²) in [4.78, 5) is 9.48. The second kappa shape index (κ2) is 9.42. The average molecular weight is 554 g/mol. The van der Waals surface area contributed by atoms with Crippen LogP contribution in [0.5, 0.6) is 0 Å². The summed E-state index contributed by atoms with van der Waals surface area (Å²) in [6, 6.07) is 18.8. The summed E-state index contributed by atoms with van der Waals surface area (Å²) in [6.45, 7) is 1.26. The van der Waals surface area contributed by atoms with Gasteiger partial charge in [0.2, 0.25) is 0 Å². The number of anilines is 2. The van der Waals surface area contributed by atoms with Crippen molar-refractivity contribution >= 4 is 55.4 Å². The van der Waals surface area contributed by atoms with Gasteiger partial charge in [0, 0.05) is 33.8 Å². The van der Waals surface area contributed by atoms with Gasteiger partial charge in [-0.25, -0.2) is 4.98 Å². The fourth-order valence-electron chi connectivity index (χ4n) is 3.40. The second-order valence-electron chi connectivity index (χ2n) is 7.79. The van der Waals surface area contributed by atoms with E-state index in [2.05, 4.69) is 64.7 Å². The molecule has 0 spiro atoms. The van der Waals surface area contributed by atoms with Crippen LogP contribution >= 0.6 is 31.9 Å². The predicted octanol–water partition coefficient (Wildman–Crippen LogP) is 6.06. The summed E-state index contributed by atoms with van der Waals surface area (Å²) in [5, 5.41) is 11.6. The van der Waals surface area contributed by atoms with E-state index in [0.29, 0.717) is 19.1 Å². The van der Waals surface area contributed by atoms with Crippen LogP contribution in [0.3, 0.4) is 0 Å². The van der Waals surface area contributed by atoms with E-state index >= 15 is 0 Å². The molecule has 2 aromatic carbocycles. The average Bonchev–Trinajstić information content (AvgIpc) is 3.52. The second-order valence-corrected chi connectivity index (χ2v) is 9.50. The number of rotatable bonds is 8. The number of hydrogen-bond acceptors (Lipinski definition) is 5. The Morgan fingerprint density at radius 3 is 2.47 bits per heavy atom. The quantitative estimate of drug-likeness (QED) is 0.260. The van der Waals surface area contributed by atoms with E-state index in [1.54, 1.807) is 0 Å². The fraction of sp³-hybridized carbons (Fsp3) is 0.208. The molecule has 0 aliphatic heterocycles. The molecule has 1 aliphatic carbocycles. The Bertz CT molecular complexity index is 1280. The first kappa shape index (κ1) is 21.2. The van der Waals surface area contributed by atoms with E-state index < -0.39 is 0 Å². The van der Waals surface area contributed by atoms with Crippen molar-refractivity contribution in [3.8, 4) is 0 Å². The lowest BCUT2D eigenvalue weighted by Gasteiger charge is -2.12. The number of halogens is 2. The predicted molar refractivity (Wildman–Crippen MR) is 137 cm³/mol. The fourth-order valence-corrected chi connectivity index (χ4v) is 4.23. The molecule has 2 heterocycles. The van der Waals surface area contributed by atoms with Crippen LogP contribution < -0.4 is 10.6 Å². The number of benzene rings is 2. The van der Waals surface area contributed by atoms with Gasteiger partial charge < -0.3 is 10.6 Å². The third kappa shape index (κ3) is 4.86. The molecule has 1 aliphatic rings. The molecule has 5 rings (SSSR count). The van der Waals surface area contributed by atoms with Gasteiger partial charge >= 0.3 is 0 Å². The summed E-state index contributed by atoms with van der Waals surface area (Å²) < 4.78 is 4.00. The van der Waals surface area contributed by atoms with Gasteiger partial charge in [-0.15, -0.1) is 0 Å². The van der Waals surface area contributed by atoms with Crippen LogP contribution in [0.4, 0.5) is 11.6 Å². The Balaban J connectivity index is 1.42. The summed E-state index contributed by atoms with van der Waals surface area (Å²) in [5.74, 6) is 1.75. The molecule has 162 valence electrons. The van der Waals surface area contributed by atoms with Crippen molar-refractivity contribution in [2.45, 2.75) is 32.0 Å². The molecule has 1 saturated carbocycles. The van der Waals surface area contributed by atoms with Crippen molar-refractivity contribution in [3.05, 3.63) is 86.4 Å². The molecule has 8 heteroatoms. The summed E-state index contributed by atoms with van der Waals surface area (Å²) in [5.41, 5.74) is 3.98. The molecule has 0 saturated heterocycles. The van der Waals surface area contributed by atoms with Crippen LogP contribution in [0.2, 0.25) is 0 Å². The maximum absolute atomic E-state index is 4.85. The molecule has 6 nitrogen and oxygen atoms in total. The van der Waals surface area contributed by atoms with Crippen molar-refractivity contribution in [3.63, 3.8) is 0 Å². The summed E-state index contributed by atoms with van der Waals surface area (Å²) >= 11 is 7.20. The Labute approximate surface area is 203 Å². The SMILES string of the molecule is Brc1ccccc1C/N=C/c1cnn2c(NC3CC3)cc(NCc3ccccc3Br)nc12. The lowest BCUT2D eigenvalue weighted by atomic mass is 10.2. The highest BCUT2D eigenvalue weighted by Crippen LogP contribution is 2.27. The smallest absolute Gasteiger partial charge is 0.168 e. The maximum atomic E-state index is 4.85. The van der Waals surface area contributed by atoms with Crippen molar-refractivity contribution in [2.24, 2.45) is 4.99 Å². The number of fused-ring (bicyclic) bond motifs is 1. The van der Waals surface area contributed by atoms with Gasteiger partial charge in [0.15, 0.2) is 5.65 Å². The van der Waals surface area contributed by atoms with Crippen LogP contribution in [0.15, 0.2) is 74.7 Å². The lowest BCUT2D eigenvalue weighted by molar-refractivity contribution is 0.922. The molecular weight excluding hydrogens is 532 g/mol. The molecule has 2 aromatic heterocycles. The molecule has 0 atom stereocenters. The Kier molecular flexibility index (Phi) is 6.23. The number of hydrogen-bond donors (Lipinski definition) is 2. The zero-order chi connectivity index (χ0) is 21.9. The highest BCUT2D eigenvalue weighted by Gasteiger charge is 2.23. The first-order chi connectivity index (χ1) is 15.7. The number of aromatic nitrogens is 3. The molecule has 4 aromatic rings. The first-order valence-electron chi connectivity index (χ1n) is 10.5. The van der Waals surface area contributed by atoms with Gasteiger partial charge in [0.05, 0.1) is 18.3 Å².